The largest absolute Gasteiger partial charge is 1.00 e. The zero-order valence-electron chi connectivity index (χ0n) is 38.5. The van der Waals surface area contributed by atoms with Gasteiger partial charge in [-0.25, -0.2) is 9.56 Å². The second-order valence-corrected chi connectivity index (χ2v) is 14.6. The van der Waals surface area contributed by atoms with Crippen LogP contribution in [0.4, 0.5) is 0 Å². The molecular formula is C52H68BrLi2N5. The zero-order chi connectivity index (χ0) is 41.5. The number of pyridine rings is 3. The van der Waals surface area contributed by atoms with Crippen molar-refractivity contribution >= 4 is 22.1 Å². The molecule has 0 N–H and O–H groups in total. The molecule has 0 aliphatic heterocycles. The average molecular weight is 857 g/mol. The Balaban J connectivity index is 0. The predicted molar refractivity (Wildman–Crippen MR) is 256 cm³/mol. The number of hydrogen-bond acceptors (Lipinski definition) is 4. The van der Waals surface area contributed by atoms with Crippen LogP contribution in [0.15, 0.2) is 150 Å². The molecule has 1 atom stereocenters. The van der Waals surface area contributed by atoms with E-state index < -0.39 is 0 Å². The summed E-state index contributed by atoms with van der Waals surface area (Å²) in [7, 11) is 8.40. The minimum atomic E-state index is 0. The van der Waals surface area contributed by atoms with Crippen molar-refractivity contribution in [3.05, 3.63) is 176 Å². The fourth-order valence-electron chi connectivity index (χ4n) is 5.30. The van der Waals surface area contributed by atoms with E-state index in [1.54, 1.807) is 6.07 Å². The zero-order valence-corrected chi connectivity index (χ0v) is 40.1. The van der Waals surface area contributed by atoms with Crippen LogP contribution in [0.3, 0.4) is 0 Å². The molecule has 0 saturated carbocycles. The van der Waals surface area contributed by atoms with Gasteiger partial charge in [0.15, 0.2) is 0 Å². The first-order valence-corrected chi connectivity index (χ1v) is 21.1. The van der Waals surface area contributed by atoms with E-state index in [0.717, 1.165) is 45.7 Å². The molecule has 8 heteroatoms. The summed E-state index contributed by atoms with van der Waals surface area (Å²) in [5, 5.41) is 0. The van der Waals surface area contributed by atoms with Gasteiger partial charge in [-0.05, 0) is 72.8 Å². The van der Waals surface area contributed by atoms with Gasteiger partial charge in [0, 0.05) is 17.5 Å². The molecule has 0 radical (unpaired) electrons. The molecule has 0 amide bonds. The SMILES string of the molecule is Brc1cccc(-c2ccccc2)n1.CCCCC(c1cccc(-c2ccccc2)n1)N(C)C.CCCCC=[N+](C)C.[CH2-]CCC.[CH3-].[Li+].[Li+].[c-]1cccc(-c2ccccc2)n1. The van der Waals surface area contributed by atoms with Crippen molar-refractivity contribution in [2.24, 2.45) is 0 Å². The quantitative estimate of drug-likeness (QED) is 0.0311. The molecule has 0 bridgehead atoms. The summed E-state index contributed by atoms with van der Waals surface area (Å²) in [5.41, 5.74) is 7.66. The third-order valence-corrected chi connectivity index (χ3v) is 8.95. The standard InChI is InChI=1S/C18H24N2.C11H8BrN.C11H8N.C7H16N.C4H9.CH3.2Li/c1-4-5-14-18(20(2)3)17-13-9-12-16(19-17)15-10-7-6-8-11-15;12-11-8-4-7-10(13-11)9-5-2-1-3-6-9;1-2-6-10(7-3-1)11-8-4-5-9-12-11;1-4-5-6-7-8(2)3;1-3-4-2;;;/h6-13,18H,4-5,14H2,1-3H3;1-8H;1-8H;7H,4-6H2,1-3H3;1,3-4H2,2H3;1H3;;/q;;-1;+1;2*-1;2*+1. The number of hydrogen-bond donors (Lipinski definition) is 0. The Bertz CT molecular complexity index is 1850. The van der Waals surface area contributed by atoms with Crippen LogP contribution in [-0.2, 0) is 0 Å². The van der Waals surface area contributed by atoms with Crippen LogP contribution in [0.2, 0.25) is 0 Å². The third-order valence-electron chi connectivity index (χ3n) is 8.51. The maximum atomic E-state index is 4.88. The summed E-state index contributed by atoms with van der Waals surface area (Å²) in [6.45, 7) is 10.2. The third kappa shape index (κ3) is 25.2. The van der Waals surface area contributed by atoms with E-state index in [9.17, 15) is 0 Å². The van der Waals surface area contributed by atoms with Crippen molar-refractivity contribution in [2.45, 2.75) is 78.2 Å². The minimum Gasteiger partial charge on any atom is -0.386 e. The van der Waals surface area contributed by atoms with Crippen molar-refractivity contribution < 1.29 is 42.3 Å². The summed E-state index contributed by atoms with van der Waals surface area (Å²) < 4.78 is 2.98. The van der Waals surface area contributed by atoms with Gasteiger partial charge in [-0.1, -0.05) is 161 Å². The Kier molecular flexibility index (Phi) is 36.3. The summed E-state index contributed by atoms with van der Waals surface area (Å²) >= 11 is 3.35. The number of rotatable bonds is 12. The van der Waals surface area contributed by atoms with Gasteiger partial charge in [0.25, 0.3) is 0 Å². The van der Waals surface area contributed by atoms with Crippen molar-refractivity contribution in [3.8, 4) is 33.8 Å². The normalized spacial score (nSPS) is 9.97. The number of aromatic nitrogens is 3. The molecule has 0 aliphatic carbocycles. The molecule has 3 aromatic carbocycles. The Morgan fingerprint density at radius 2 is 1.10 bits per heavy atom. The molecule has 310 valence electrons. The van der Waals surface area contributed by atoms with Crippen molar-refractivity contribution in [3.63, 3.8) is 0 Å². The summed E-state index contributed by atoms with van der Waals surface area (Å²) in [4.78, 5) is 15.6. The summed E-state index contributed by atoms with van der Waals surface area (Å²) in [6.07, 6.45) is 14.8. The number of nitrogens with zero attached hydrogens (tertiary/aromatic N) is 5. The van der Waals surface area contributed by atoms with Crippen LogP contribution in [0.25, 0.3) is 33.8 Å². The smallest absolute Gasteiger partial charge is 0.386 e. The van der Waals surface area contributed by atoms with Crippen molar-refractivity contribution in [1.82, 2.24) is 19.9 Å². The average Bonchev–Trinajstić information content (AvgIpc) is 3.26. The van der Waals surface area contributed by atoms with Gasteiger partial charge in [0.1, 0.15) is 24.9 Å². The van der Waals surface area contributed by atoms with E-state index in [-0.39, 0.29) is 45.1 Å². The molecule has 3 heterocycles. The second kappa shape index (κ2) is 37.2. The first-order valence-electron chi connectivity index (χ1n) is 20.3. The predicted octanol–water partition coefficient (Wildman–Crippen LogP) is 8.20. The van der Waals surface area contributed by atoms with Gasteiger partial charge >= 0.3 is 37.7 Å². The van der Waals surface area contributed by atoms with Crippen LogP contribution < -0.4 is 37.7 Å². The number of benzene rings is 3. The van der Waals surface area contributed by atoms with E-state index in [4.69, 9.17) is 4.98 Å². The summed E-state index contributed by atoms with van der Waals surface area (Å²) in [6, 6.07) is 49.0. The van der Waals surface area contributed by atoms with Crippen molar-refractivity contribution in [1.29, 1.82) is 0 Å². The van der Waals surface area contributed by atoms with E-state index in [1.165, 1.54) is 49.8 Å². The van der Waals surface area contributed by atoms with Crippen LogP contribution in [0.5, 0.6) is 0 Å². The Morgan fingerprint density at radius 3 is 1.52 bits per heavy atom. The molecule has 6 rings (SSSR count). The monoisotopic (exact) mass is 855 g/mol. The van der Waals surface area contributed by atoms with E-state index >= 15 is 0 Å². The fourth-order valence-corrected chi connectivity index (χ4v) is 5.65. The molecule has 60 heavy (non-hydrogen) atoms. The molecule has 0 saturated heterocycles. The Labute approximate surface area is 398 Å². The van der Waals surface area contributed by atoms with Gasteiger partial charge in [0.2, 0.25) is 0 Å². The van der Waals surface area contributed by atoms with Crippen LogP contribution >= 0.6 is 15.9 Å². The molecule has 0 aliphatic rings. The maximum absolute atomic E-state index is 4.88. The topological polar surface area (TPSA) is 44.9 Å². The van der Waals surface area contributed by atoms with E-state index in [1.807, 2.05) is 84.9 Å². The maximum Gasteiger partial charge on any atom is 1.00 e. The van der Waals surface area contributed by atoms with Gasteiger partial charge in [-0.2, -0.15) is 18.6 Å². The fraction of sp³-hybridized carbons (Fsp3) is 0.308. The van der Waals surface area contributed by atoms with Crippen molar-refractivity contribution in [2.75, 3.05) is 28.2 Å². The number of halogens is 1. The molecule has 6 aromatic rings. The second-order valence-electron chi connectivity index (χ2n) is 13.8. The molecule has 5 nitrogen and oxygen atoms in total. The summed E-state index contributed by atoms with van der Waals surface area (Å²) in [5.74, 6) is 0. The van der Waals surface area contributed by atoms with Crippen LogP contribution in [0.1, 0.15) is 83.9 Å². The van der Waals surface area contributed by atoms with E-state index in [0.29, 0.717) is 6.04 Å². The molecular weight excluding hydrogens is 788 g/mol. The molecule has 0 spiro atoms. The molecule has 3 aromatic heterocycles. The van der Waals surface area contributed by atoms with Gasteiger partial charge < -0.3 is 24.2 Å². The Morgan fingerprint density at radius 1 is 0.633 bits per heavy atom. The minimum absolute atomic E-state index is 0. The molecule has 1 unspecified atom stereocenters. The Hall–Kier alpha value is -3.59. The van der Waals surface area contributed by atoms with Gasteiger partial charge in [-0.15, -0.1) is 6.07 Å². The first kappa shape index (κ1) is 58.5. The van der Waals surface area contributed by atoms with Gasteiger partial charge in [-0.3, -0.25) is 4.98 Å². The molecule has 0 fully saturated rings. The van der Waals surface area contributed by atoms with E-state index in [2.05, 4.69) is 158 Å². The van der Waals surface area contributed by atoms with Crippen LogP contribution in [-0.4, -0.2) is 58.8 Å². The first-order chi connectivity index (χ1) is 27.7. The number of unbranched alkanes of at least 4 members (excludes halogenated alkanes) is 4. The van der Waals surface area contributed by atoms with Crippen LogP contribution in [0, 0.1) is 20.5 Å². The van der Waals surface area contributed by atoms with Gasteiger partial charge in [0.05, 0.1) is 23.1 Å².